The number of aliphatic hydroxyl groups excluding tert-OH is 2. The van der Waals surface area contributed by atoms with E-state index in [0.717, 1.165) is 16.3 Å². The van der Waals surface area contributed by atoms with Gasteiger partial charge in [0.25, 0.3) is 0 Å². The van der Waals surface area contributed by atoms with E-state index in [1.54, 1.807) is 0 Å². The van der Waals surface area contributed by atoms with Crippen LogP contribution in [0.15, 0.2) is 55.1 Å². The van der Waals surface area contributed by atoms with Crippen LogP contribution >= 0.6 is 7.82 Å². The van der Waals surface area contributed by atoms with E-state index in [1.165, 1.54) is 17.2 Å². The van der Waals surface area contributed by atoms with Gasteiger partial charge >= 0.3 is 7.82 Å². The molecule has 4 atom stereocenters. The number of nitrogens with zero attached hydrogens (tertiary/aromatic N) is 4. The smallest absolute Gasteiger partial charge is 0.387 e. The summed E-state index contributed by atoms with van der Waals surface area (Å²) in [6.07, 6.45) is -2.27. The fraction of sp³-hybridized carbons (Fsp3) is 0.250. The van der Waals surface area contributed by atoms with E-state index >= 15 is 0 Å². The summed E-state index contributed by atoms with van der Waals surface area (Å²) in [6.45, 7) is -0.594. The molecule has 3 heterocycles. The van der Waals surface area contributed by atoms with Crippen LogP contribution in [-0.4, -0.2) is 64.4 Å². The number of rotatable bonds is 5. The van der Waals surface area contributed by atoms with Gasteiger partial charge in [-0.25, -0.2) is 19.5 Å². The van der Waals surface area contributed by atoms with Gasteiger partial charge < -0.3 is 24.7 Å². The lowest BCUT2D eigenvalue weighted by molar-refractivity contribution is -0.0504. The number of aliphatic hydroxyl groups is 2. The molecule has 0 aliphatic carbocycles. The van der Waals surface area contributed by atoms with Crippen molar-refractivity contribution in [3.8, 4) is 11.3 Å². The van der Waals surface area contributed by atoms with Crippen LogP contribution in [-0.2, 0) is 13.8 Å². The molecule has 4 N–H and O–H groups in total. The van der Waals surface area contributed by atoms with Crippen molar-refractivity contribution in [2.24, 2.45) is 0 Å². The van der Waals surface area contributed by atoms with Gasteiger partial charge in [-0.3, -0.25) is 9.09 Å². The number of benzene rings is 2. The Bertz CT molecular complexity index is 1340. The number of hydrogen-bond donors (Lipinski definition) is 4. The molecular formula is C20H19N4O7P. The second-order valence-corrected chi connectivity index (χ2v) is 8.68. The number of phosphoric acid groups is 1. The summed E-state index contributed by atoms with van der Waals surface area (Å²) in [4.78, 5) is 30.8. The van der Waals surface area contributed by atoms with E-state index in [0.29, 0.717) is 16.9 Å². The highest BCUT2D eigenvalue weighted by molar-refractivity contribution is 7.46. The molecular weight excluding hydrogens is 439 g/mol. The monoisotopic (exact) mass is 458 g/mol. The van der Waals surface area contributed by atoms with Gasteiger partial charge in [-0.15, -0.1) is 0 Å². The number of fused-ring (bicyclic) bond motifs is 2. The fourth-order valence-corrected chi connectivity index (χ4v) is 4.19. The number of hydrogen-bond acceptors (Lipinski definition) is 8. The van der Waals surface area contributed by atoms with Crippen LogP contribution < -0.4 is 0 Å². The number of ether oxygens (including phenoxy) is 1. The molecule has 1 fully saturated rings. The zero-order valence-electron chi connectivity index (χ0n) is 16.5. The zero-order valence-corrected chi connectivity index (χ0v) is 17.4. The predicted octanol–water partition coefficient (Wildman–Crippen LogP) is 1.37. The lowest BCUT2D eigenvalue weighted by Crippen LogP contribution is -2.33. The molecule has 5 rings (SSSR count). The van der Waals surface area contributed by atoms with Crippen LogP contribution in [0.4, 0.5) is 0 Å². The van der Waals surface area contributed by atoms with Crippen molar-refractivity contribution in [2.75, 3.05) is 6.61 Å². The summed E-state index contributed by atoms with van der Waals surface area (Å²) in [5.41, 5.74) is 2.27. The first-order valence-corrected chi connectivity index (χ1v) is 11.2. The van der Waals surface area contributed by atoms with E-state index in [9.17, 15) is 14.8 Å². The van der Waals surface area contributed by atoms with Gasteiger partial charge in [-0.05, 0) is 16.8 Å². The third-order valence-corrected chi connectivity index (χ3v) is 5.89. The van der Waals surface area contributed by atoms with E-state index in [-0.39, 0.29) is 0 Å². The molecule has 32 heavy (non-hydrogen) atoms. The molecule has 0 bridgehead atoms. The molecule has 4 aromatic rings. The molecule has 2 aromatic carbocycles. The van der Waals surface area contributed by atoms with E-state index in [2.05, 4.69) is 19.5 Å². The Morgan fingerprint density at radius 2 is 1.81 bits per heavy atom. The highest BCUT2D eigenvalue weighted by Gasteiger charge is 2.45. The van der Waals surface area contributed by atoms with Gasteiger partial charge in [0.1, 0.15) is 35.8 Å². The van der Waals surface area contributed by atoms with E-state index < -0.39 is 39.0 Å². The van der Waals surface area contributed by atoms with Crippen LogP contribution in [0.3, 0.4) is 0 Å². The Morgan fingerprint density at radius 1 is 1.03 bits per heavy atom. The summed E-state index contributed by atoms with van der Waals surface area (Å²) in [5.74, 6) is 0. The van der Waals surface area contributed by atoms with Crippen molar-refractivity contribution in [1.29, 1.82) is 0 Å². The second kappa shape index (κ2) is 7.98. The largest absolute Gasteiger partial charge is 0.469 e. The molecule has 11 nitrogen and oxygen atoms in total. The molecule has 0 radical (unpaired) electrons. The summed E-state index contributed by atoms with van der Waals surface area (Å²) in [5, 5.41) is 22.9. The SMILES string of the molecule is O=P(O)(O)OC[C@H]1O[C@@H](n2cnc3c(-c4ccc5ccccc5c4)ncnc32)[C@H](O)[C@H]1O. The molecule has 166 valence electrons. The Balaban J connectivity index is 1.49. The average molecular weight is 458 g/mol. The molecule has 12 heteroatoms. The molecule has 1 aliphatic rings. The Labute approximate surface area is 181 Å². The standard InChI is InChI=1S/C20H19N4O7P/c25-17-14(8-30-32(27,28)29)31-20(18(17)26)24-10-23-16-15(21-9-22-19(16)24)13-6-5-11-3-1-2-4-12(11)7-13/h1-7,9-10,14,17-18,20,25-26H,8H2,(H2,27,28,29)/t14-,17+,18-,20-/m1/s1. The Hall–Kier alpha value is -2.76. The molecule has 1 aliphatic heterocycles. The van der Waals surface area contributed by atoms with Gasteiger partial charge in [0.15, 0.2) is 11.9 Å². The van der Waals surface area contributed by atoms with Crippen LogP contribution in [0.1, 0.15) is 6.23 Å². The summed E-state index contributed by atoms with van der Waals surface area (Å²) in [6, 6.07) is 13.8. The first kappa shape index (κ1) is 21.1. The van der Waals surface area contributed by atoms with Gasteiger partial charge in [-0.2, -0.15) is 0 Å². The third-order valence-electron chi connectivity index (χ3n) is 5.40. The Morgan fingerprint density at radius 3 is 2.59 bits per heavy atom. The van der Waals surface area contributed by atoms with Crippen molar-refractivity contribution in [3.05, 3.63) is 55.1 Å². The van der Waals surface area contributed by atoms with Crippen molar-refractivity contribution in [3.63, 3.8) is 0 Å². The molecule has 0 spiro atoms. The van der Waals surface area contributed by atoms with Gasteiger partial charge in [0.2, 0.25) is 0 Å². The van der Waals surface area contributed by atoms with Crippen LogP contribution in [0.5, 0.6) is 0 Å². The second-order valence-electron chi connectivity index (χ2n) is 7.44. The van der Waals surface area contributed by atoms with Gasteiger partial charge in [0, 0.05) is 5.56 Å². The zero-order chi connectivity index (χ0) is 22.5. The number of phosphoric ester groups is 1. The van der Waals surface area contributed by atoms with E-state index in [4.69, 9.17) is 14.5 Å². The maximum absolute atomic E-state index is 11.0. The number of imidazole rings is 1. The highest BCUT2D eigenvalue weighted by atomic mass is 31.2. The minimum atomic E-state index is -4.75. The first-order chi connectivity index (χ1) is 15.3. The molecule has 1 saturated heterocycles. The van der Waals surface area contributed by atoms with Crippen LogP contribution in [0.2, 0.25) is 0 Å². The quantitative estimate of drug-likeness (QED) is 0.322. The summed E-state index contributed by atoms with van der Waals surface area (Å²) < 4.78 is 22.5. The minimum Gasteiger partial charge on any atom is -0.387 e. The average Bonchev–Trinajstić information content (AvgIpc) is 3.32. The lowest BCUT2D eigenvalue weighted by atomic mass is 10.0. The Kier molecular flexibility index (Phi) is 5.26. The number of aromatic nitrogens is 4. The third kappa shape index (κ3) is 3.80. The van der Waals surface area contributed by atoms with Gasteiger partial charge in [-0.1, -0.05) is 36.4 Å². The van der Waals surface area contributed by atoms with Crippen molar-refractivity contribution < 1.29 is 33.8 Å². The molecule has 0 amide bonds. The first-order valence-electron chi connectivity index (χ1n) is 9.70. The maximum atomic E-state index is 11.0. The van der Waals surface area contributed by atoms with Crippen molar-refractivity contribution >= 4 is 29.8 Å². The fourth-order valence-electron chi connectivity index (χ4n) is 3.85. The van der Waals surface area contributed by atoms with Crippen LogP contribution in [0.25, 0.3) is 33.2 Å². The molecule has 0 saturated carbocycles. The minimum absolute atomic E-state index is 0.371. The van der Waals surface area contributed by atoms with Crippen molar-refractivity contribution in [1.82, 2.24) is 19.5 Å². The molecule has 2 aromatic heterocycles. The predicted molar refractivity (Wildman–Crippen MR) is 112 cm³/mol. The van der Waals surface area contributed by atoms with E-state index in [1.807, 2.05) is 42.5 Å². The molecule has 0 unspecified atom stereocenters. The maximum Gasteiger partial charge on any atom is 0.469 e. The summed E-state index contributed by atoms with van der Waals surface area (Å²) in [7, 11) is -4.75. The van der Waals surface area contributed by atoms with Gasteiger partial charge in [0.05, 0.1) is 12.9 Å². The normalized spacial score (nSPS) is 23.9. The van der Waals surface area contributed by atoms with Crippen LogP contribution in [0, 0.1) is 0 Å². The topological polar surface area (TPSA) is 160 Å². The van der Waals surface area contributed by atoms with Crippen molar-refractivity contribution in [2.45, 2.75) is 24.5 Å². The highest BCUT2D eigenvalue weighted by Crippen LogP contribution is 2.39. The summed E-state index contributed by atoms with van der Waals surface area (Å²) >= 11 is 0. The lowest BCUT2D eigenvalue weighted by Gasteiger charge is -2.16.